The fraction of sp³-hybridized carbons (Fsp3) is 1.00. The fourth-order valence-corrected chi connectivity index (χ4v) is 2.53. The summed E-state index contributed by atoms with van der Waals surface area (Å²) in [6.07, 6.45) is 3.16. The van der Waals surface area contributed by atoms with Crippen molar-refractivity contribution in [1.82, 2.24) is 4.90 Å². The molecule has 0 aliphatic carbocycles. The van der Waals surface area contributed by atoms with Crippen LogP contribution in [0.3, 0.4) is 0 Å². The molecule has 1 saturated heterocycles. The maximum atomic E-state index is 9.83. The zero-order valence-corrected chi connectivity index (χ0v) is 12.0. The topological polar surface area (TPSA) is 49.5 Å². The van der Waals surface area contributed by atoms with Gasteiger partial charge in [0.15, 0.2) is 0 Å². The van der Waals surface area contributed by atoms with E-state index in [9.17, 15) is 5.11 Å². The SMILES string of the molecule is CC(O)(CN)CCCN1CCC(C(C)(C)C)C1. The van der Waals surface area contributed by atoms with Crippen LogP contribution >= 0.6 is 0 Å². The minimum Gasteiger partial charge on any atom is -0.389 e. The Morgan fingerprint density at radius 1 is 1.29 bits per heavy atom. The van der Waals surface area contributed by atoms with E-state index >= 15 is 0 Å². The van der Waals surface area contributed by atoms with Gasteiger partial charge in [-0.3, -0.25) is 0 Å². The summed E-state index contributed by atoms with van der Waals surface area (Å²) in [7, 11) is 0. The van der Waals surface area contributed by atoms with Crippen LogP contribution in [-0.4, -0.2) is 41.8 Å². The summed E-state index contributed by atoms with van der Waals surface area (Å²) < 4.78 is 0. The van der Waals surface area contributed by atoms with Crippen molar-refractivity contribution in [2.45, 2.75) is 52.6 Å². The molecule has 0 aromatic rings. The van der Waals surface area contributed by atoms with Crippen molar-refractivity contribution in [2.75, 3.05) is 26.2 Å². The normalized spacial score (nSPS) is 26.1. The van der Waals surface area contributed by atoms with Crippen molar-refractivity contribution in [1.29, 1.82) is 0 Å². The summed E-state index contributed by atoms with van der Waals surface area (Å²) in [5.74, 6) is 0.817. The van der Waals surface area contributed by atoms with Gasteiger partial charge in [0.25, 0.3) is 0 Å². The lowest BCUT2D eigenvalue weighted by molar-refractivity contribution is 0.0548. The highest BCUT2D eigenvalue weighted by molar-refractivity contribution is 4.84. The Labute approximate surface area is 106 Å². The molecule has 0 amide bonds. The zero-order valence-electron chi connectivity index (χ0n) is 12.0. The zero-order chi connectivity index (χ0) is 13.1. The number of rotatable bonds is 5. The molecule has 0 spiro atoms. The molecule has 3 heteroatoms. The Balaban J connectivity index is 2.23. The second-order valence-corrected chi connectivity index (χ2v) is 6.96. The Bertz CT molecular complexity index is 233. The van der Waals surface area contributed by atoms with Crippen LogP contribution in [0.15, 0.2) is 0 Å². The second-order valence-electron chi connectivity index (χ2n) is 6.96. The number of likely N-dealkylation sites (tertiary alicyclic amines) is 1. The number of hydrogen-bond acceptors (Lipinski definition) is 3. The summed E-state index contributed by atoms with van der Waals surface area (Å²) in [4.78, 5) is 2.53. The summed E-state index contributed by atoms with van der Waals surface area (Å²) >= 11 is 0. The van der Waals surface area contributed by atoms with Gasteiger partial charge in [-0.2, -0.15) is 0 Å². The van der Waals surface area contributed by atoms with Gasteiger partial charge >= 0.3 is 0 Å². The third kappa shape index (κ3) is 4.94. The Hall–Kier alpha value is -0.120. The monoisotopic (exact) mass is 242 g/mol. The predicted octanol–water partition coefficient (Wildman–Crippen LogP) is 1.84. The van der Waals surface area contributed by atoms with E-state index in [4.69, 9.17) is 5.73 Å². The maximum Gasteiger partial charge on any atom is 0.0741 e. The lowest BCUT2D eigenvalue weighted by atomic mass is 9.80. The van der Waals surface area contributed by atoms with Crippen LogP contribution < -0.4 is 5.73 Å². The highest BCUT2D eigenvalue weighted by Crippen LogP contribution is 2.33. The van der Waals surface area contributed by atoms with E-state index in [0.717, 1.165) is 25.3 Å². The van der Waals surface area contributed by atoms with E-state index in [1.165, 1.54) is 19.5 Å². The Morgan fingerprint density at radius 2 is 1.94 bits per heavy atom. The molecule has 102 valence electrons. The first-order valence-electron chi connectivity index (χ1n) is 6.89. The van der Waals surface area contributed by atoms with Gasteiger partial charge in [0.2, 0.25) is 0 Å². The molecule has 0 bridgehead atoms. The van der Waals surface area contributed by atoms with Crippen molar-refractivity contribution in [3.05, 3.63) is 0 Å². The van der Waals surface area contributed by atoms with E-state index < -0.39 is 5.60 Å². The molecule has 2 unspecified atom stereocenters. The van der Waals surface area contributed by atoms with Crippen LogP contribution in [0, 0.1) is 11.3 Å². The van der Waals surface area contributed by atoms with Gasteiger partial charge in [0.1, 0.15) is 0 Å². The Morgan fingerprint density at radius 3 is 2.41 bits per heavy atom. The fourth-order valence-electron chi connectivity index (χ4n) is 2.53. The smallest absolute Gasteiger partial charge is 0.0741 e. The largest absolute Gasteiger partial charge is 0.389 e. The van der Waals surface area contributed by atoms with Crippen molar-refractivity contribution in [2.24, 2.45) is 17.1 Å². The van der Waals surface area contributed by atoms with Gasteiger partial charge in [0.05, 0.1) is 5.60 Å². The molecule has 1 aliphatic rings. The van der Waals surface area contributed by atoms with Crippen molar-refractivity contribution >= 4 is 0 Å². The van der Waals surface area contributed by atoms with Gasteiger partial charge in [-0.15, -0.1) is 0 Å². The van der Waals surface area contributed by atoms with Gasteiger partial charge in [-0.1, -0.05) is 20.8 Å². The van der Waals surface area contributed by atoms with Crippen molar-refractivity contribution in [3.63, 3.8) is 0 Å². The summed E-state index contributed by atoms with van der Waals surface area (Å²) in [6, 6.07) is 0. The number of aliphatic hydroxyl groups is 1. The molecule has 3 N–H and O–H groups in total. The first-order valence-corrected chi connectivity index (χ1v) is 6.89. The number of nitrogens with two attached hydrogens (primary N) is 1. The predicted molar refractivity (Wildman–Crippen MR) is 72.9 cm³/mol. The first kappa shape index (κ1) is 14.9. The summed E-state index contributed by atoms with van der Waals surface area (Å²) in [6.45, 7) is 12.7. The van der Waals surface area contributed by atoms with E-state index in [-0.39, 0.29) is 0 Å². The van der Waals surface area contributed by atoms with Crippen LogP contribution in [0.5, 0.6) is 0 Å². The van der Waals surface area contributed by atoms with Gasteiger partial charge in [0, 0.05) is 13.1 Å². The molecule has 17 heavy (non-hydrogen) atoms. The van der Waals surface area contributed by atoms with Crippen LogP contribution in [-0.2, 0) is 0 Å². The first-order chi connectivity index (χ1) is 7.74. The molecule has 1 heterocycles. The van der Waals surface area contributed by atoms with Crippen LogP contribution in [0.25, 0.3) is 0 Å². The molecule has 1 fully saturated rings. The maximum absolute atomic E-state index is 9.83. The number of nitrogens with zero attached hydrogens (tertiary/aromatic N) is 1. The van der Waals surface area contributed by atoms with E-state index in [1.807, 2.05) is 6.92 Å². The highest BCUT2D eigenvalue weighted by atomic mass is 16.3. The molecule has 1 aliphatic heterocycles. The van der Waals surface area contributed by atoms with Crippen molar-refractivity contribution < 1.29 is 5.11 Å². The van der Waals surface area contributed by atoms with E-state index in [2.05, 4.69) is 25.7 Å². The molecular formula is C14H30N2O. The average Bonchev–Trinajstić information content (AvgIpc) is 2.66. The average molecular weight is 242 g/mol. The molecular weight excluding hydrogens is 212 g/mol. The molecule has 3 nitrogen and oxygen atoms in total. The van der Waals surface area contributed by atoms with E-state index in [1.54, 1.807) is 0 Å². The van der Waals surface area contributed by atoms with Crippen LogP contribution in [0.2, 0.25) is 0 Å². The Kier molecular flexibility index (Phi) is 4.99. The molecule has 2 atom stereocenters. The third-order valence-electron chi connectivity index (χ3n) is 4.13. The van der Waals surface area contributed by atoms with Gasteiger partial charge < -0.3 is 15.7 Å². The van der Waals surface area contributed by atoms with Crippen LogP contribution in [0.4, 0.5) is 0 Å². The summed E-state index contributed by atoms with van der Waals surface area (Å²) in [5.41, 5.74) is 5.27. The van der Waals surface area contributed by atoms with Gasteiger partial charge in [-0.25, -0.2) is 0 Å². The quantitative estimate of drug-likeness (QED) is 0.773. The summed E-state index contributed by atoms with van der Waals surface area (Å²) in [5, 5.41) is 9.83. The number of hydrogen-bond donors (Lipinski definition) is 2. The third-order valence-corrected chi connectivity index (χ3v) is 4.13. The highest BCUT2D eigenvalue weighted by Gasteiger charge is 2.31. The van der Waals surface area contributed by atoms with E-state index in [0.29, 0.717) is 12.0 Å². The molecule has 1 rings (SSSR count). The molecule has 0 radical (unpaired) electrons. The minimum atomic E-state index is -0.677. The van der Waals surface area contributed by atoms with Crippen molar-refractivity contribution in [3.8, 4) is 0 Å². The van der Waals surface area contributed by atoms with Crippen LogP contribution in [0.1, 0.15) is 47.0 Å². The lowest BCUT2D eigenvalue weighted by Crippen LogP contribution is -2.35. The lowest BCUT2D eigenvalue weighted by Gasteiger charge is -2.27. The second kappa shape index (κ2) is 5.68. The molecule has 0 aromatic heterocycles. The molecule has 0 aromatic carbocycles. The molecule has 0 saturated carbocycles. The minimum absolute atomic E-state index is 0.359. The standard InChI is InChI=1S/C14H30N2O/c1-13(2,3)12-6-9-16(10-12)8-5-7-14(4,17)11-15/h12,17H,5-11,15H2,1-4H3. The van der Waals surface area contributed by atoms with Gasteiger partial charge in [-0.05, 0) is 50.6 Å².